The molecule has 1 amide bonds. The molecule has 0 bridgehead atoms. The predicted molar refractivity (Wildman–Crippen MR) is 98.6 cm³/mol. The molecule has 1 N–H and O–H groups in total. The molecule has 0 aliphatic rings. The van der Waals surface area contributed by atoms with E-state index in [4.69, 9.17) is 0 Å². The van der Waals surface area contributed by atoms with Crippen molar-refractivity contribution in [3.8, 4) is 0 Å². The standard InChI is InChI=1S/C19H24N2O3S/c1-4-20-19(22)14-21(13-17-9-5-15(2)6-10-17)25(23,24)18-11-7-16(3)8-12-18/h5-12H,4,13-14H2,1-3H3,(H,20,22). The van der Waals surface area contributed by atoms with Gasteiger partial charge >= 0.3 is 0 Å². The fourth-order valence-corrected chi connectivity index (χ4v) is 3.78. The van der Waals surface area contributed by atoms with Gasteiger partial charge in [-0.1, -0.05) is 47.5 Å². The number of likely N-dealkylation sites (N-methyl/N-ethyl adjacent to an activating group) is 1. The topological polar surface area (TPSA) is 66.5 Å². The van der Waals surface area contributed by atoms with Crippen molar-refractivity contribution in [3.63, 3.8) is 0 Å². The summed E-state index contributed by atoms with van der Waals surface area (Å²) >= 11 is 0. The average molecular weight is 360 g/mol. The SMILES string of the molecule is CCNC(=O)CN(Cc1ccc(C)cc1)S(=O)(=O)c1ccc(C)cc1. The number of hydrogen-bond donors (Lipinski definition) is 1. The molecule has 2 aromatic carbocycles. The van der Waals surface area contributed by atoms with Gasteiger partial charge in [0.25, 0.3) is 0 Å². The molecule has 0 aliphatic heterocycles. The fraction of sp³-hybridized carbons (Fsp3) is 0.316. The molecule has 2 aromatic rings. The number of nitrogens with zero attached hydrogens (tertiary/aromatic N) is 1. The largest absolute Gasteiger partial charge is 0.355 e. The number of benzene rings is 2. The molecule has 5 nitrogen and oxygen atoms in total. The molecule has 0 aliphatic carbocycles. The third kappa shape index (κ3) is 5.14. The summed E-state index contributed by atoms with van der Waals surface area (Å²) in [7, 11) is -3.77. The summed E-state index contributed by atoms with van der Waals surface area (Å²) in [5, 5.41) is 2.66. The summed E-state index contributed by atoms with van der Waals surface area (Å²) in [5.74, 6) is -0.315. The van der Waals surface area contributed by atoms with Crippen LogP contribution in [-0.2, 0) is 21.4 Å². The fourth-order valence-electron chi connectivity index (χ4n) is 2.40. The summed E-state index contributed by atoms with van der Waals surface area (Å²) in [6.07, 6.45) is 0. The molecular formula is C19H24N2O3S. The first-order valence-corrected chi connectivity index (χ1v) is 9.66. The van der Waals surface area contributed by atoms with Crippen molar-refractivity contribution >= 4 is 15.9 Å². The smallest absolute Gasteiger partial charge is 0.243 e. The lowest BCUT2D eigenvalue weighted by molar-refractivity contribution is -0.121. The van der Waals surface area contributed by atoms with E-state index in [2.05, 4.69) is 5.32 Å². The lowest BCUT2D eigenvalue weighted by Gasteiger charge is -2.22. The molecule has 25 heavy (non-hydrogen) atoms. The van der Waals surface area contributed by atoms with Crippen LogP contribution in [0.25, 0.3) is 0 Å². The van der Waals surface area contributed by atoms with E-state index in [1.54, 1.807) is 31.2 Å². The number of aryl methyl sites for hydroxylation is 2. The predicted octanol–water partition coefficient (Wildman–Crippen LogP) is 2.63. The van der Waals surface area contributed by atoms with E-state index in [1.165, 1.54) is 4.31 Å². The molecule has 0 radical (unpaired) electrons. The Morgan fingerprint density at radius 2 is 1.48 bits per heavy atom. The second kappa shape index (κ2) is 8.27. The highest BCUT2D eigenvalue weighted by atomic mass is 32.2. The second-order valence-electron chi connectivity index (χ2n) is 6.03. The van der Waals surface area contributed by atoms with Gasteiger partial charge in [-0.15, -0.1) is 0 Å². The Balaban J connectivity index is 2.33. The van der Waals surface area contributed by atoms with E-state index in [9.17, 15) is 13.2 Å². The molecule has 0 unspecified atom stereocenters. The second-order valence-corrected chi connectivity index (χ2v) is 7.96. The lowest BCUT2D eigenvalue weighted by Crippen LogP contribution is -2.40. The average Bonchev–Trinajstić information content (AvgIpc) is 2.57. The summed E-state index contributed by atoms with van der Waals surface area (Å²) < 4.78 is 27.2. The molecule has 2 rings (SSSR count). The molecule has 0 saturated heterocycles. The zero-order chi connectivity index (χ0) is 18.4. The maximum atomic E-state index is 13.0. The van der Waals surface area contributed by atoms with Crippen LogP contribution in [0.1, 0.15) is 23.6 Å². The van der Waals surface area contributed by atoms with Gasteiger partial charge in [0, 0.05) is 13.1 Å². The van der Waals surface area contributed by atoms with E-state index in [0.717, 1.165) is 16.7 Å². The Labute approximate surface area is 149 Å². The highest BCUT2D eigenvalue weighted by Gasteiger charge is 2.26. The van der Waals surface area contributed by atoms with Crippen LogP contribution in [0.4, 0.5) is 0 Å². The number of amides is 1. The number of carbonyl (C=O) groups is 1. The van der Waals surface area contributed by atoms with Gasteiger partial charge in [-0.3, -0.25) is 4.79 Å². The number of sulfonamides is 1. The molecule has 6 heteroatoms. The van der Waals surface area contributed by atoms with Crippen molar-refractivity contribution in [2.75, 3.05) is 13.1 Å². The molecule has 0 atom stereocenters. The Hall–Kier alpha value is -2.18. The van der Waals surface area contributed by atoms with Crippen LogP contribution in [0.3, 0.4) is 0 Å². The van der Waals surface area contributed by atoms with E-state index < -0.39 is 10.0 Å². The minimum Gasteiger partial charge on any atom is -0.355 e. The number of hydrogen-bond acceptors (Lipinski definition) is 3. The first-order chi connectivity index (χ1) is 11.8. The summed E-state index contributed by atoms with van der Waals surface area (Å²) in [4.78, 5) is 12.2. The van der Waals surface area contributed by atoms with Crippen molar-refractivity contribution in [2.45, 2.75) is 32.2 Å². The van der Waals surface area contributed by atoms with Gasteiger partial charge in [-0.2, -0.15) is 4.31 Å². The van der Waals surface area contributed by atoms with Gasteiger partial charge < -0.3 is 5.32 Å². The summed E-state index contributed by atoms with van der Waals surface area (Å²) in [5.41, 5.74) is 2.92. The van der Waals surface area contributed by atoms with E-state index in [1.807, 2.05) is 38.1 Å². The Morgan fingerprint density at radius 1 is 0.960 bits per heavy atom. The van der Waals surface area contributed by atoms with Crippen LogP contribution in [0.2, 0.25) is 0 Å². The quantitative estimate of drug-likeness (QED) is 0.825. The van der Waals surface area contributed by atoms with Crippen LogP contribution in [0.5, 0.6) is 0 Å². The highest BCUT2D eigenvalue weighted by molar-refractivity contribution is 7.89. The molecule has 0 saturated carbocycles. The molecular weight excluding hydrogens is 336 g/mol. The van der Waals surface area contributed by atoms with Gasteiger partial charge in [-0.05, 0) is 38.5 Å². The zero-order valence-electron chi connectivity index (χ0n) is 14.8. The van der Waals surface area contributed by atoms with Crippen molar-refractivity contribution in [3.05, 3.63) is 65.2 Å². The normalized spacial score (nSPS) is 11.5. The maximum Gasteiger partial charge on any atom is 0.243 e. The van der Waals surface area contributed by atoms with Crippen molar-refractivity contribution < 1.29 is 13.2 Å². The van der Waals surface area contributed by atoms with Crippen LogP contribution in [-0.4, -0.2) is 31.7 Å². The van der Waals surface area contributed by atoms with Crippen LogP contribution < -0.4 is 5.32 Å². The number of nitrogens with one attached hydrogen (secondary N) is 1. The third-order valence-corrected chi connectivity index (χ3v) is 5.64. The van der Waals surface area contributed by atoms with Gasteiger partial charge in [-0.25, -0.2) is 8.42 Å². The molecule has 134 valence electrons. The van der Waals surface area contributed by atoms with Crippen LogP contribution >= 0.6 is 0 Å². The molecule has 0 heterocycles. The van der Waals surface area contributed by atoms with Crippen LogP contribution in [0.15, 0.2) is 53.4 Å². The van der Waals surface area contributed by atoms with E-state index in [0.29, 0.717) is 6.54 Å². The Kier molecular flexibility index (Phi) is 6.33. The van der Waals surface area contributed by atoms with Crippen molar-refractivity contribution in [1.82, 2.24) is 9.62 Å². The molecule has 0 fully saturated rings. The van der Waals surface area contributed by atoms with Crippen molar-refractivity contribution in [2.24, 2.45) is 0 Å². The first-order valence-electron chi connectivity index (χ1n) is 8.22. The monoisotopic (exact) mass is 360 g/mol. The molecule has 0 aromatic heterocycles. The van der Waals surface area contributed by atoms with Gasteiger partial charge in [0.15, 0.2) is 0 Å². The summed E-state index contributed by atoms with van der Waals surface area (Å²) in [6.45, 7) is 6.07. The Bertz CT molecular complexity index is 813. The minimum absolute atomic E-state index is 0.146. The first kappa shape index (κ1) is 19.1. The summed E-state index contributed by atoms with van der Waals surface area (Å²) in [6, 6.07) is 14.3. The van der Waals surface area contributed by atoms with Gasteiger partial charge in [0.1, 0.15) is 0 Å². The Morgan fingerprint density at radius 3 is 2.00 bits per heavy atom. The minimum atomic E-state index is -3.77. The van der Waals surface area contributed by atoms with Crippen LogP contribution in [0, 0.1) is 13.8 Å². The van der Waals surface area contributed by atoms with E-state index in [-0.39, 0.29) is 23.9 Å². The van der Waals surface area contributed by atoms with Gasteiger partial charge in [0.05, 0.1) is 11.4 Å². The molecule has 0 spiro atoms. The zero-order valence-corrected chi connectivity index (χ0v) is 15.6. The van der Waals surface area contributed by atoms with E-state index >= 15 is 0 Å². The number of rotatable bonds is 7. The highest BCUT2D eigenvalue weighted by Crippen LogP contribution is 2.19. The third-order valence-electron chi connectivity index (χ3n) is 3.83. The van der Waals surface area contributed by atoms with Crippen molar-refractivity contribution in [1.29, 1.82) is 0 Å². The maximum absolute atomic E-state index is 13.0. The lowest BCUT2D eigenvalue weighted by atomic mass is 10.1. The number of carbonyl (C=O) groups excluding carboxylic acids is 1. The van der Waals surface area contributed by atoms with Gasteiger partial charge in [0.2, 0.25) is 15.9 Å².